The summed E-state index contributed by atoms with van der Waals surface area (Å²) < 4.78 is 10.4. The Balaban J connectivity index is 2.50. The molecule has 4 heteroatoms. The third-order valence-electron chi connectivity index (χ3n) is 2.74. The zero-order valence-corrected chi connectivity index (χ0v) is 12.2. The molecule has 0 amide bonds. The van der Waals surface area contributed by atoms with Crippen LogP contribution >= 0.6 is 0 Å². The molecule has 0 atom stereocenters. The molecule has 0 radical (unpaired) electrons. The first-order chi connectivity index (χ1) is 9.67. The first-order valence-electron chi connectivity index (χ1n) is 7.05. The minimum Gasteiger partial charge on any atom is -0.493 e. The molecule has 0 aliphatic rings. The fraction of sp³-hybridized carbons (Fsp3) is 0.500. The van der Waals surface area contributed by atoms with Gasteiger partial charge in [-0.2, -0.15) is 0 Å². The summed E-state index contributed by atoms with van der Waals surface area (Å²) in [5.41, 5.74) is 0.870. The summed E-state index contributed by atoms with van der Waals surface area (Å²) in [5.74, 6) is 0.445. The average Bonchev–Trinajstić information content (AvgIpc) is 2.44. The summed E-state index contributed by atoms with van der Waals surface area (Å²) in [5, 5.41) is 0. The van der Waals surface area contributed by atoms with E-state index in [0.717, 1.165) is 17.7 Å². The number of ketones is 1. The Morgan fingerprint density at radius 3 is 2.55 bits per heavy atom. The fourth-order valence-corrected chi connectivity index (χ4v) is 1.78. The molecule has 0 heterocycles. The van der Waals surface area contributed by atoms with Crippen LogP contribution in [-0.2, 0) is 20.7 Å². The van der Waals surface area contributed by atoms with Crippen LogP contribution in [-0.4, -0.2) is 25.0 Å². The van der Waals surface area contributed by atoms with Crippen LogP contribution in [0.5, 0.6) is 5.75 Å². The van der Waals surface area contributed by atoms with Gasteiger partial charge in [0.2, 0.25) is 0 Å². The highest BCUT2D eigenvalue weighted by atomic mass is 16.5. The first kappa shape index (κ1) is 16.2. The van der Waals surface area contributed by atoms with Gasteiger partial charge in [-0.05, 0) is 19.4 Å². The van der Waals surface area contributed by atoms with Gasteiger partial charge in [0.05, 0.1) is 19.6 Å². The van der Waals surface area contributed by atoms with Gasteiger partial charge in [-0.1, -0.05) is 25.1 Å². The molecule has 0 aromatic heterocycles. The molecule has 4 nitrogen and oxygen atoms in total. The maximum atomic E-state index is 11.9. The van der Waals surface area contributed by atoms with E-state index in [-0.39, 0.29) is 24.6 Å². The number of hydrogen-bond donors (Lipinski definition) is 0. The number of carbonyl (C=O) groups excluding carboxylic acids is 2. The lowest BCUT2D eigenvalue weighted by Gasteiger charge is -2.10. The second kappa shape index (κ2) is 9.13. The molecule has 110 valence electrons. The van der Waals surface area contributed by atoms with Gasteiger partial charge in [-0.3, -0.25) is 9.59 Å². The number of carbonyl (C=O) groups is 2. The largest absolute Gasteiger partial charge is 0.493 e. The highest BCUT2D eigenvalue weighted by Crippen LogP contribution is 2.19. The molecule has 0 aliphatic carbocycles. The number of esters is 1. The Morgan fingerprint density at radius 1 is 1.10 bits per heavy atom. The van der Waals surface area contributed by atoms with E-state index in [1.165, 1.54) is 0 Å². The lowest BCUT2D eigenvalue weighted by Crippen LogP contribution is -2.10. The maximum Gasteiger partial charge on any atom is 0.306 e. The van der Waals surface area contributed by atoms with E-state index in [0.29, 0.717) is 19.6 Å². The highest BCUT2D eigenvalue weighted by molar-refractivity contribution is 5.85. The van der Waals surface area contributed by atoms with Crippen molar-refractivity contribution in [2.75, 3.05) is 13.2 Å². The molecular formula is C16H22O4. The molecule has 20 heavy (non-hydrogen) atoms. The summed E-state index contributed by atoms with van der Waals surface area (Å²) in [4.78, 5) is 23.1. The van der Waals surface area contributed by atoms with E-state index >= 15 is 0 Å². The Bertz CT molecular complexity index is 440. The average molecular weight is 278 g/mol. The SMILES string of the molecule is CCCOc1ccccc1CC(=O)CCC(=O)OCC. The van der Waals surface area contributed by atoms with Gasteiger partial charge in [0, 0.05) is 18.4 Å². The van der Waals surface area contributed by atoms with E-state index in [2.05, 4.69) is 0 Å². The quantitative estimate of drug-likeness (QED) is 0.652. The number of hydrogen-bond acceptors (Lipinski definition) is 4. The predicted octanol–water partition coefficient (Wildman–Crippen LogP) is 2.93. The van der Waals surface area contributed by atoms with E-state index in [4.69, 9.17) is 9.47 Å². The predicted molar refractivity (Wildman–Crippen MR) is 76.8 cm³/mol. The molecule has 0 fully saturated rings. The first-order valence-corrected chi connectivity index (χ1v) is 7.05. The Hall–Kier alpha value is -1.84. The van der Waals surface area contributed by atoms with Crippen molar-refractivity contribution in [1.29, 1.82) is 0 Å². The van der Waals surface area contributed by atoms with Crippen molar-refractivity contribution in [2.24, 2.45) is 0 Å². The van der Waals surface area contributed by atoms with Crippen LogP contribution < -0.4 is 4.74 Å². The van der Waals surface area contributed by atoms with E-state index in [1.807, 2.05) is 31.2 Å². The Labute approximate surface area is 120 Å². The van der Waals surface area contributed by atoms with Crippen molar-refractivity contribution in [1.82, 2.24) is 0 Å². The molecular weight excluding hydrogens is 256 g/mol. The van der Waals surface area contributed by atoms with Gasteiger partial charge in [0.15, 0.2) is 0 Å². The highest BCUT2D eigenvalue weighted by Gasteiger charge is 2.11. The zero-order chi connectivity index (χ0) is 14.8. The van der Waals surface area contributed by atoms with Crippen LogP contribution in [0.4, 0.5) is 0 Å². The van der Waals surface area contributed by atoms with Crippen molar-refractivity contribution >= 4 is 11.8 Å². The van der Waals surface area contributed by atoms with Crippen LogP contribution in [0, 0.1) is 0 Å². The summed E-state index contributed by atoms with van der Waals surface area (Å²) >= 11 is 0. The van der Waals surface area contributed by atoms with Gasteiger partial charge in [-0.15, -0.1) is 0 Å². The van der Waals surface area contributed by atoms with Crippen LogP contribution in [0.1, 0.15) is 38.7 Å². The van der Waals surface area contributed by atoms with Crippen molar-refractivity contribution in [3.05, 3.63) is 29.8 Å². The molecule has 0 aliphatic heterocycles. The van der Waals surface area contributed by atoms with Crippen LogP contribution in [0.15, 0.2) is 24.3 Å². The van der Waals surface area contributed by atoms with Crippen molar-refractivity contribution in [3.63, 3.8) is 0 Å². The van der Waals surface area contributed by atoms with Crippen molar-refractivity contribution in [2.45, 2.75) is 39.5 Å². The topological polar surface area (TPSA) is 52.6 Å². The van der Waals surface area contributed by atoms with Gasteiger partial charge in [-0.25, -0.2) is 0 Å². The van der Waals surface area contributed by atoms with Crippen molar-refractivity contribution in [3.8, 4) is 5.75 Å². The van der Waals surface area contributed by atoms with Gasteiger partial charge in [0.25, 0.3) is 0 Å². The normalized spacial score (nSPS) is 10.1. The molecule has 0 spiro atoms. The Morgan fingerprint density at radius 2 is 1.85 bits per heavy atom. The summed E-state index contributed by atoms with van der Waals surface area (Å²) in [6.07, 6.45) is 1.57. The van der Waals surface area contributed by atoms with Crippen LogP contribution in [0.3, 0.4) is 0 Å². The summed E-state index contributed by atoms with van der Waals surface area (Å²) in [6.45, 7) is 4.77. The van der Waals surface area contributed by atoms with Crippen LogP contribution in [0.25, 0.3) is 0 Å². The molecule has 0 N–H and O–H groups in total. The molecule has 0 saturated heterocycles. The lowest BCUT2D eigenvalue weighted by molar-refractivity contribution is -0.144. The number of para-hydroxylation sites is 1. The van der Waals surface area contributed by atoms with Crippen molar-refractivity contribution < 1.29 is 19.1 Å². The van der Waals surface area contributed by atoms with Gasteiger partial charge >= 0.3 is 5.97 Å². The minimum absolute atomic E-state index is 0.0191. The minimum atomic E-state index is -0.323. The zero-order valence-electron chi connectivity index (χ0n) is 12.2. The van der Waals surface area contributed by atoms with Crippen LogP contribution in [0.2, 0.25) is 0 Å². The van der Waals surface area contributed by atoms with E-state index < -0.39 is 0 Å². The monoisotopic (exact) mass is 278 g/mol. The number of benzene rings is 1. The molecule has 1 rings (SSSR count). The third-order valence-corrected chi connectivity index (χ3v) is 2.74. The molecule has 0 bridgehead atoms. The smallest absolute Gasteiger partial charge is 0.306 e. The standard InChI is InChI=1S/C16H22O4/c1-3-11-20-15-8-6-5-7-13(15)12-14(17)9-10-16(18)19-4-2/h5-8H,3-4,9-12H2,1-2H3. The molecule has 1 aromatic carbocycles. The van der Waals surface area contributed by atoms with E-state index in [9.17, 15) is 9.59 Å². The number of ether oxygens (including phenoxy) is 2. The fourth-order valence-electron chi connectivity index (χ4n) is 1.78. The molecule has 1 aromatic rings. The number of Topliss-reactive ketones (excluding diaryl/α,β-unsaturated/α-hetero) is 1. The van der Waals surface area contributed by atoms with Gasteiger partial charge < -0.3 is 9.47 Å². The third kappa shape index (κ3) is 5.87. The summed E-state index contributed by atoms with van der Waals surface area (Å²) in [7, 11) is 0. The lowest BCUT2D eigenvalue weighted by atomic mass is 10.0. The summed E-state index contributed by atoms with van der Waals surface area (Å²) in [6, 6.07) is 7.52. The maximum absolute atomic E-state index is 11.9. The second-order valence-corrected chi connectivity index (χ2v) is 4.48. The van der Waals surface area contributed by atoms with E-state index in [1.54, 1.807) is 6.92 Å². The molecule has 0 unspecified atom stereocenters. The van der Waals surface area contributed by atoms with Gasteiger partial charge in [0.1, 0.15) is 11.5 Å². The Kier molecular flexibility index (Phi) is 7.40. The second-order valence-electron chi connectivity index (χ2n) is 4.48. The molecule has 0 saturated carbocycles. The number of rotatable bonds is 9.